The Morgan fingerprint density at radius 2 is 2.00 bits per heavy atom. The average molecular weight is 492 g/mol. The topological polar surface area (TPSA) is 148 Å². The SMILES string of the molecule is CNC(=O)CCCCCC(NC(=O)c1nnc(C)o1)c1ncc(-c2cc3ccccc3nc2OC)[nH]1. The molecule has 2 amide bonds. The van der Waals surface area contributed by atoms with Crippen LogP contribution in [-0.2, 0) is 4.79 Å². The number of carbonyl (C=O) groups is 2. The number of fused-ring (bicyclic) bond motifs is 1. The van der Waals surface area contributed by atoms with Crippen molar-refractivity contribution in [1.82, 2.24) is 35.8 Å². The Bertz CT molecular complexity index is 1350. The van der Waals surface area contributed by atoms with Crippen LogP contribution >= 0.6 is 0 Å². The number of amides is 2. The van der Waals surface area contributed by atoms with E-state index >= 15 is 0 Å². The van der Waals surface area contributed by atoms with Crippen LogP contribution in [0.1, 0.15) is 60.5 Å². The van der Waals surface area contributed by atoms with Crippen LogP contribution in [0.15, 0.2) is 40.9 Å². The number of rotatable bonds is 11. The molecular weight excluding hydrogens is 462 g/mol. The highest BCUT2D eigenvalue weighted by atomic mass is 16.5. The van der Waals surface area contributed by atoms with E-state index in [1.54, 1.807) is 27.3 Å². The summed E-state index contributed by atoms with van der Waals surface area (Å²) in [7, 11) is 3.20. The van der Waals surface area contributed by atoms with Gasteiger partial charge in [-0.1, -0.05) is 31.0 Å². The fourth-order valence-electron chi connectivity index (χ4n) is 3.92. The lowest BCUT2D eigenvalue weighted by molar-refractivity contribution is -0.120. The van der Waals surface area contributed by atoms with Crippen molar-refractivity contribution in [2.24, 2.45) is 0 Å². The number of aryl methyl sites for hydroxylation is 1. The lowest BCUT2D eigenvalue weighted by Gasteiger charge is -2.16. The van der Waals surface area contributed by atoms with Crippen LogP contribution in [0, 0.1) is 6.92 Å². The van der Waals surface area contributed by atoms with Gasteiger partial charge in [-0.3, -0.25) is 9.59 Å². The zero-order valence-corrected chi connectivity index (χ0v) is 20.5. The lowest BCUT2D eigenvalue weighted by atomic mass is 10.1. The number of para-hydroxylation sites is 1. The van der Waals surface area contributed by atoms with Gasteiger partial charge in [0.25, 0.3) is 0 Å². The predicted molar refractivity (Wildman–Crippen MR) is 132 cm³/mol. The van der Waals surface area contributed by atoms with Crippen LogP contribution in [0.2, 0.25) is 0 Å². The number of nitrogens with one attached hydrogen (secondary N) is 3. The van der Waals surface area contributed by atoms with Crippen LogP contribution in [0.3, 0.4) is 0 Å². The Hall–Kier alpha value is -4.28. The molecule has 36 heavy (non-hydrogen) atoms. The highest BCUT2D eigenvalue weighted by Crippen LogP contribution is 2.31. The molecule has 0 aliphatic rings. The molecule has 1 unspecified atom stereocenters. The molecule has 0 saturated heterocycles. The summed E-state index contributed by atoms with van der Waals surface area (Å²) >= 11 is 0. The summed E-state index contributed by atoms with van der Waals surface area (Å²) in [6, 6.07) is 9.35. The Balaban J connectivity index is 1.55. The van der Waals surface area contributed by atoms with Gasteiger partial charge in [0.15, 0.2) is 0 Å². The van der Waals surface area contributed by atoms with Crippen LogP contribution in [0.4, 0.5) is 0 Å². The first-order valence-electron chi connectivity index (χ1n) is 11.8. The van der Waals surface area contributed by atoms with E-state index in [0.29, 0.717) is 36.1 Å². The number of ether oxygens (including phenoxy) is 1. The van der Waals surface area contributed by atoms with E-state index in [2.05, 4.69) is 35.8 Å². The maximum absolute atomic E-state index is 12.8. The van der Waals surface area contributed by atoms with E-state index in [4.69, 9.17) is 9.15 Å². The van der Waals surface area contributed by atoms with E-state index < -0.39 is 11.9 Å². The van der Waals surface area contributed by atoms with E-state index in [9.17, 15) is 9.59 Å². The van der Waals surface area contributed by atoms with Gasteiger partial charge in [0.1, 0.15) is 5.82 Å². The summed E-state index contributed by atoms with van der Waals surface area (Å²) in [5.41, 5.74) is 2.31. The smallest absolute Gasteiger partial charge is 0.309 e. The minimum absolute atomic E-state index is 0.0141. The number of aromatic nitrogens is 5. The van der Waals surface area contributed by atoms with Gasteiger partial charge in [-0.15, -0.1) is 10.2 Å². The molecule has 0 aliphatic carbocycles. The van der Waals surface area contributed by atoms with Gasteiger partial charge in [-0.2, -0.15) is 0 Å². The summed E-state index contributed by atoms with van der Waals surface area (Å²) in [6.07, 6.45) is 5.13. The van der Waals surface area contributed by atoms with Gasteiger partial charge < -0.3 is 24.8 Å². The summed E-state index contributed by atoms with van der Waals surface area (Å²) < 4.78 is 10.8. The number of pyridine rings is 1. The summed E-state index contributed by atoms with van der Waals surface area (Å²) in [5.74, 6) is 0.789. The zero-order valence-electron chi connectivity index (χ0n) is 20.5. The molecule has 11 heteroatoms. The molecule has 0 saturated carbocycles. The number of nitrogens with zero attached hydrogens (tertiary/aromatic N) is 4. The number of methoxy groups -OCH3 is 1. The second-order valence-electron chi connectivity index (χ2n) is 8.34. The van der Waals surface area contributed by atoms with Gasteiger partial charge in [-0.05, 0) is 25.0 Å². The first-order valence-corrected chi connectivity index (χ1v) is 11.8. The number of hydrogen-bond acceptors (Lipinski definition) is 8. The first-order chi connectivity index (χ1) is 17.5. The molecule has 4 rings (SSSR count). The fraction of sp³-hybridized carbons (Fsp3) is 0.360. The van der Waals surface area contributed by atoms with Crippen LogP contribution < -0.4 is 15.4 Å². The monoisotopic (exact) mass is 491 g/mol. The van der Waals surface area contributed by atoms with Crippen molar-refractivity contribution >= 4 is 22.7 Å². The predicted octanol–water partition coefficient (Wildman–Crippen LogP) is 3.49. The molecule has 3 N–H and O–H groups in total. The third-order valence-corrected chi connectivity index (χ3v) is 5.80. The van der Waals surface area contributed by atoms with Gasteiger partial charge in [0.2, 0.25) is 17.7 Å². The minimum Gasteiger partial charge on any atom is -0.480 e. The largest absolute Gasteiger partial charge is 0.480 e. The van der Waals surface area contributed by atoms with Gasteiger partial charge >= 0.3 is 11.8 Å². The second-order valence-corrected chi connectivity index (χ2v) is 8.34. The highest BCUT2D eigenvalue weighted by Gasteiger charge is 2.23. The maximum atomic E-state index is 12.8. The zero-order chi connectivity index (χ0) is 25.5. The molecule has 0 fully saturated rings. The van der Waals surface area contributed by atoms with Crippen molar-refractivity contribution in [2.45, 2.75) is 45.1 Å². The molecule has 3 heterocycles. The lowest BCUT2D eigenvalue weighted by Crippen LogP contribution is -2.29. The second kappa shape index (κ2) is 11.4. The van der Waals surface area contributed by atoms with Gasteiger partial charge in [0, 0.05) is 25.8 Å². The Morgan fingerprint density at radius 3 is 2.75 bits per heavy atom. The molecule has 0 radical (unpaired) electrons. The van der Waals surface area contributed by atoms with Crippen molar-refractivity contribution in [2.75, 3.05) is 14.2 Å². The number of imidazole rings is 1. The minimum atomic E-state index is -0.478. The molecule has 1 atom stereocenters. The fourth-order valence-corrected chi connectivity index (χ4v) is 3.92. The van der Waals surface area contributed by atoms with Crippen molar-refractivity contribution in [3.63, 3.8) is 0 Å². The van der Waals surface area contributed by atoms with Crippen molar-refractivity contribution in [3.05, 3.63) is 54.1 Å². The molecule has 3 aromatic heterocycles. The van der Waals surface area contributed by atoms with Crippen molar-refractivity contribution < 1.29 is 18.7 Å². The highest BCUT2D eigenvalue weighted by molar-refractivity contribution is 5.89. The third kappa shape index (κ3) is 5.85. The number of H-pyrrole nitrogens is 1. The van der Waals surface area contributed by atoms with E-state index in [0.717, 1.165) is 35.7 Å². The number of aromatic amines is 1. The third-order valence-electron chi connectivity index (χ3n) is 5.80. The van der Waals surface area contributed by atoms with Gasteiger partial charge in [-0.25, -0.2) is 9.97 Å². The standard InChI is InChI=1S/C25H29N7O4/c1-15-31-32-25(36-15)23(34)29-19(11-5-4-6-12-21(33)26-2)22-27-14-20(28-22)17-13-16-9-7-8-10-18(16)30-24(17)35-3/h7-10,13-14,19H,4-6,11-12H2,1-3H3,(H,26,33)(H,27,28)(H,29,34). The molecule has 0 bridgehead atoms. The summed E-state index contributed by atoms with van der Waals surface area (Å²) in [6.45, 7) is 1.62. The van der Waals surface area contributed by atoms with E-state index in [1.807, 2.05) is 30.3 Å². The number of hydrogen-bond donors (Lipinski definition) is 3. The number of unbranched alkanes of at least 4 members (excludes halogenated alkanes) is 2. The molecule has 11 nitrogen and oxygen atoms in total. The van der Waals surface area contributed by atoms with E-state index in [-0.39, 0.29) is 11.8 Å². The molecule has 4 aromatic rings. The van der Waals surface area contributed by atoms with Crippen molar-refractivity contribution in [3.8, 4) is 17.1 Å². The molecule has 0 aliphatic heterocycles. The van der Waals surface area contributed by atoms with Crippen molar-refractivity contribution in [1.29, 1.82) is 0 Å². The Kier molecular flexibility index (Phi) is 7.89. The molecule has 188 valence electrons. The first kappa shape index (κ1) is 24.8. The molecular formula is C25H29N7O4. The Labute approximate surface area is 208 Å². The molecule has 1 aromatic carbocycles. The van der Waals surface area contributed by atoms with Crippen LogP contribution in [-0.4, -0.2) is 51.1 Å². The van der Waals surface area contributed by atoms with E-state index in [1.165, 1.54) is 0 Å². The normalized spacial score (nSPS) is 11.9. The average Bonchev–Trinajstić information content (AvgIpc) is 3.56. The maximum Gasteiger partial charge on any atom is 0.309 e. The molecule has 0 spiro atoms. The Morgan fingerprint density at radius 1 is 1.17 bits per heavy atom. The quantitative estimate of drug-likeness (QED) is 0.270. The number of carbonyl (C=O) groups excluding carboxylic acids is 2. The number of benzene rings is 1. The van der Waals surface area contributed by atoms with Gasteiger partial charge in [0.05, 0.1) is 36.1 Å². The summed E-state index contributed by atoms with van der Waals surface area (Å²) in [5, 5.41) is 14.1. The summed E-state index contributed by atoms with van der Waals surface area (Å²) in [4.78, 5) is 36.7. The van der Waals surface area contributed by atoms with Crippen LogP contribution in [0.5, 0.6) is 5.88 Å². The van der Waals surface area contributed by atoms with Crippen LogP contribution in [0.25, 0.3) is 22.2 Å².